The second-order valence-corrected chi connectivity index (χ2v) is 4.68. The standard InChI is InChI=1S/C17H26O4/c1-18-17(19-2)12-8-3-4-9-13-20-15-21-14-16-10-6-5-7-11-16/h5-7,9-11,13,17H,3-4,8,12,14-15H2,1-2H3. The number of ether oxygens (including phenoxy) is 4. The molecule has 0 N–H and O–H groups in total. The summed E-state index contributed by atoms with van der Waals surface area (Å²) in [6, 6.07) is 10.0. The van der Waals surface area contributed by atoms with Gasteiger partial charge in [-0.1, -0.05) is 30.3 Å². The summed E-state index contributed by atoms with van der Waals surface area (Å²) in [6.07, 6.45) is 7.70. The number of hydrogen-bond acceptors (Lipinski definition) is 4. The average molecular weight is 294 g/mol. The first-order valence-corrected chi connectivity index (χ1v) is 7.30. The van der Waals surface area contributed by atoms with Crippen LogP contribution < -0.4 is 0 Å². The van der Waals surface area contributed by atoms with Crippen molar-refractivity contribution in [2.75, 3.05) is 21.0 Å². The predicted molar refractivity (Wildman–Crippen MR) is 82.6 cm³/mol. The van der Waals surface area contributed by atoms with Crippen LogP contribution in [-0.2, 0) is 25.6 Å². The lowest BCUT2D eigenvalue weighted by Gasteiger charge is -2.12. The molecule has 0 aliphatic heterocycles. The summed E-state index contributed by atoms with van der Waals surface area (Å²) >= 11 is 0. The molecule has 0 atom stereocenters. The van der Waals surface area contributed by atoms with Crippen molar-refractivity contribution >= 4 is 0 Å². The quantitative estimate of drug-likeness (QED) is 0.333. The molecule has 4 heteroatoms. The number of rotatable bonds is 12. The Morgan fingerprint density at radius 1 is 1.05 bits per heavy atom. The van der Waals surface area contributed by atoms with Crippen LogP contribution in [0.25, 0.3) is 0 Å². The third-order valence-corrected chi connectivity index (χ3v) is 3.04. The third-order valence-electron chi connectivity index (χ3n) is 3.04. The monoisotopic (exact) mass is 294 g/mol. The van der Waals surface area contributed by atoms with Crippen LogP contribution in [0.1, 0.15) is 31.2 Å². The zero-order valence-electron chi connectivity index (χ0n) is 13.0. The van der Waals surface area contributed by atoms with E-state index in [1.807, 2.05) is 36.4 Å². The Balaban J connectivity index is 1.91. The maximum Gasteiger partial charge on any atom is 0.188 e. The summed E-state index contributed by atoms with van der Waals surface area (Å²) in [5, 5.41) is 0. The molecular weight excluding hydrogens is 268 g/mol. The van der Waals surface area contributed by atoms with Crippen LogP contribution in [0.4, 0.5) is 0 Å². The highest BCUT2D eigenvalue weighted by molar-refractivity contribution is 5.13. The fraction of sp³-hybridized carbons (Fsp3) is 0.529. The highest BCUT2D eigenvalue weighted by Crippen LogP contribution is 2.07. The minimum absolute atomic E-state index is 0.0865. The van der Waals surface area contributed by atoms with Crippen molar-refractivity contribution in [1.82, 2.24) is 0 Å². The number of unbranched alkanes of at least 4 members (excludes halogenated alkanes) is 2. The van der Waals surface area contributed by atoms with Gasteiger partial charge in [-0.2, -0.15) is 0 Å². The van der Waals surface area contributed by atoms with Crippen LogP contribution in [0.2, 0.25) is 0 Å². The van der Waals surface area contributed by atoms with Gasteiger partial charge in [-0.05, 0) is 37.3 Å². The summed E-state index contributed by atoms with van der Waals surface area (Å²) in [4.78, 5) is 0. The van der Waals surface area contributed by atoms with Gasteiger partial charge in [-0.25, -0.2) is 0 Å². The van der Waals surface area contributed by atoms with E-state index in [9.17, 15) is 0 Å². The molecule has 0 saturated heterocycles. The van der Waals surface area contributed by atoms with Crippen molar-refractivity contribution in [3.05, 3.63) is 48.2 Å². The summed E-state index contributed by atoms with van der Waals surface area (Å²) in [6.45, 7) is 0.852. The van der Waals surface area contributed by atoms with Gasteiger partial charge >= 0.3 is 0 Å². The predicted octanol–water partition coefficient (Wildman–Crippen LogP) is 3.87. The topological polar surface area (TPSA) is 36.9 Å². The van der Waals surface area contributed by atoms with Crippen LogP contribution in [0.15, 0.2) is 42.7 Å². The molecule has 0 aliphatic carbocycles. The summed E-state index contributed by atoms with van der Waals surface area (Å²) in [5.74, 6) is 0. The van der Waals surface area contributed by atoms with E-state index >= 15 is 0 Å². The Morgan fingerprint density at radius 2 is 1.81 bits per heavy atom. The van der Waals surface area contributed by atoms with Crippen molar-refractivity contribution in [1.29, 1.82) is 0 Å². The van der Waals surface area contributed by atoms with E-state index in [4.69, 9.17) is 18.9 Å². The Morgan fingerprint density at radius 3 is 2.52 bits per heavy atom. The van der Waals surface area contributed by atoms with Gasteiger partial charge in [0.05, 0.1) is 12.9 Å². The summed E-state index contributed by atoms with van der Waals surface area (Å²) in [5.41, 5.74) is 1.15. The molecule has 0 saturated carbocycles. The van der Waals surface area contributed by atoms with Crippen molar-refractivity contribution in [3.8, 4) is 0 Å². The molecule has 118 valence electrons. The normalized spacial score (nSPS) is 11.4. The Hall–Kier alpha value is -1.36. The van der Waals surface area contributed by atoms with Crippen LogP contribution in [0.5, 0.6) is 0 Å². The number of benzene rings is 1. The van der Waals surface area contributed by atoms with Crippen molar-refractivity contribution in [2.45, 2.75) is 38.6 Å². The molecule has 0 radical (unpaired) electrons. The highest BCUT2D eigenvalue weighted by atomic mass is 16.7. The van der Waals surface area contributed by atoms with Crippen LogP contribution in [0.3, 0.4) is 0 Å². The molecule has 0 unspecified atom stereocenters. The fourth-order valence-corrected chi connectivity index (χ4v) is 1.86. The van der Waals surface area contributed by atoms with Gasteiger partial charge in [-0.15, -0.1) is 0 Å². The summed E-state index contributed by atoms with van der Waals surface area (Å²) in [7, 11) is 3.33. The maximum absolute atomic E-state index is 5.40. The van der Waals surface area contributed by atoms with Crippen LogP contribution in [-0.4, -0.2) is 27.3 Å². The second kappa shape index (κ2) is 12.4. The second-order valence-electron chi connectivity index (χ2n) is 4.68. The molecule has 1 aromatic rings. The minimum atomic E-state index is -0.0865. The molecule has 0 bridgehead atoms. The SMILES string of the molecule is COC(CCCCC=COCOCc1ccccc1)OC. The number of methoxy groups -OCH3 is 2. The number of allylic oxidation sites excluding steroid dienone is 1. The Bertz CT molecular complexity index is 360. The molecule has 0 fully saturated rings. The molecule has 1 rings (SSSR count). The fourth-order valence-electron chi connectivity index (χ4n) is 1.86. The molecular formula is C17H26O4. The average Bonchev–Trinajstić information content (AvgIpc) is 2.54. The van der Waals surface area contributed by atoms with Crippen LogP contribution in [0, 0.1) is 0 Å². The van der Waals surface area contributed by atoms with E-state index in [1.165, 1.54) is 0 Å². The van der Waals surface area contributed by atoms with E-state index in [2.05, 4.69) is 0 Å². The van der Waals surface area contributed by atoms with Gasteiger partial charge in [0.1, 0.15) is 0 Å². The molecule has 0 aliphatic rings. The van der Waals surface area contributed by atoms with E-state index < -0.39 is 0 Å². The van der Waals surface area contributed by atoms with E-state index in [0.29, 0.717) is 6.61 Å². The molecule has 0 amide bonds. The van der Waals surface area contributed by atoms with Crippen molar-refractivity contribution in [2.24, 2.45) is 0 Å². The van der Waals surface area contributed by atoms with Gasteiger partial charge in [0.2, 0.25) is 0 Å². The summed E-state index contributed by atoms with van der Waals surface area (Å²) < 4.78 is 20.9. The first-order valence-electron chi connectivity index (χ1n) is 7.30. The largest absolute Gasteiger partial charge is 0.475 e. The number of hydrogen-bond donors (Lipinski definition) is 0. The molecule has 21 heavy (non-hydrogen) atoms. The lowest BCUT2D eigenvalue weighted by molar-refractivity contribution is -0.107. The van der Waals surface area contributed by atoms with E-state index in [1.54, 1.807) is 20.5 Å². The minimum Gasteiger partial charge on any atom is -0.475 e. The Labute approximate surface area is 127 Å². The Kier molecular flexibility index (Phi) is 10.4. The third kappa shape index (κ3) is 9.24. The lowest BCUT2D eigenvalue weighted by Crippen LogP contribution is -2.12. The van der Waals surface area contributed by atoms with E-state index in [0.717, 1.165) is 31.2 Å². The van der Waals surface area contributed by atoms with Gasteiger partial charge in [0.15, 0.2) is 13.1 Å². The maximum atomic E-state index is 5.40. The van der Waals surface area contributed by atoms with Gasteiger partial charge < -0.3 is 18.9 Å². The molecule has 0 aromatic heterocycles. The van der Waals surface area contributed by atoms with Gasteiger partial charge in [0.25, 0.3) is 0 Å². The van der Waals surface area contributed by atoms with Crippen molar-refractivity contribution in [3.63, 3.8) is 0 Å². The molecule has 1 aromatic carbocycles. The van der Waals surface area contributed by atoms with Gasteiger partial charge in [0, 0.05) is 14.2 Å². The molecule has 0 heterocycles. The zero-order chi connectivity index (χ0) is 15.2. The van der Waals surface area contributed by atoms with Gasteiger partial charge in [-0.3, -0.25) is 0 Å². The highest BCUT2D eigenvalue weighted by Gasteiger charge is 2.02. The van der Waals surface area contributed by atoms with Crippen molar-refractivity contribution < 1.29 is 18.9 Å². The lowest BCUT2D eigenvalue weighted by atomic mass is 10.2. The molecule has 4 nitrogen and oxygen atoms in total. The zero-order valence-corrected chi connectivity index (χ0v) is 13.0. The first kappa shape index (κ1) is 17.7. The van der Waals surface area contributed by atoms with Crippen LogP contribution >= 0.6 is 0 Å². The smallest absolute Gasteiger partial charge is 0.188 e. The first-order chi connectivity index (χ1) is 10.4. The molecule has 0 spiro atoms. The van der Waals surface area contributed by atoms with E-state index in [-0.39, 0.29) is 13.1 Å².